The minimum atomic E-state index is -1.01. The molecule has 19 heavy (non-hydrogen) atoms. The van der Waals surface area contributed by atoms with E-state index >= 15 is 0 Å². The van der Waals surface area contributed by atoms with Gasteiger partial charge in [0.25, 0.3) is 0 Å². The largest absolute Gasteiger partial charge is 0.480 e. The number of methoxy groups -OCH3 is 1. The zero-order valence-corrected chi connectivity index (χ0v) is 12.3. The molecule has 0 saturated carbocycles. The number of carbonyl (C=O) groups is 2. The Labute approximate surface area is 115 Å². The molecular weight excluding hydrogens is 248 g/mol. The van der Waals surface area contributed by atoms with Gasteiger partial charge in [0.15, 0.2) is 0 Å². The molecule has 2 N–H and O–H groups in total. The summed E-state index contributed by atoms with van der Waals surface area (Å²) in [5, 5.41) is 11.6. The van der Waals surface area contributed by atoms with Crippen LogP contribution in [0.3, 0.4) is 0 Å². The molecule has 0 bridgehead atoms. The van der Waals surface area contributed by atoms with Gasteiger partial charge in [-0.25, -0.2) is 9.59 Å². The number of urea groups is 1. The molecule has 0 aromatic carbocycles. The molecule has 0 spiro atoms. The SMILES string of the molecule is CCC(C)CN(C)C(=O)NC(CCCOC)C(=O)O. The summed E-state index contributed by atoms with van der Waals surface area (Å²) in [5.74, 6) is -0.617. The third-order valence-electron chi connectivity index (χ3n) is 3.07. The van der Waals surface area contributed by atoms with E-state index in [1.807, 2.05) is 0 Å². The molecule has 2 atom stereocenters. The minimum absolute atomic E-state index is 0.342. The lowest BCUT2D eigenvalue weighted by atomic mass is 10.1. The fourth-order valence-corrected chi connectivity index (χ4v) is 1.63. The number of nitrogens with zero attached hydrogens (tertiary/aromatic N) is 1. The monoisotopic (exact) mass is 274 g/mol. The molecule has 6 heteroatoms. The van der Waals surface area contributed by atoms with Gasteiger partial charge in [0.05, 0.1) is 0 Å². The van der Waals surface area contributed by atoms with Crippen molar-refractivity contribution in [3.63, 3.8) is 0 Å². The van der Waals surface area contributed by atoms with Crippen LogP contribution in [0, 0.1) is 5.92 Å². The average molecular weight is 274 g/mol. The lowest BCUT2D eigenvalue weighted by molar-refractivity contribution is -0.139. The molecule has 2 unspecified atom stereocenters. The van der Waals surface area contributed by atoms with Crippen LogP contribution in [0.5, 0.6) is 0 Å². The highest BCUT2D eigenvalue weighted by Crippen LogP contribution is 2.04. The fourth-order valence-electron chi connectivity index (χ4n) is 1.63. The Hall–Kier alpha value is -1.30. The number of carboxylic acid groups (broad SMARTS) is 1. The Balaban J connectivity index is 4.25. The van der Waals surface area contributed by atoms with Crippen molar-refractivity contribution in [3.05, 3.63) is 0 Å². The van der Waals surface area contributed by atoms with Gasteiger partial charge in [-0.2, -0.15) is 0 Å². The predicted octanol–water partition coefficient (Wildman–Crippen LogP) is 1.55. The molecule has 2 amide bonds. The molecule has 0 aliphatic rings. The van der Waals surface area contributed by atoms with Crippen LogP contribution in [-0.4, -0.2) is 55.4 Å². The van der Waals surface area contributed by atoms with Crippen LogP contribution in [0.25, 0.3) is 0 Å². The van der Waals surface area contributed by atoms with Crippen molar-refractivity contribution < 1.29 is 19.4 Å². The summed E-state index contributed by atoms with van der Waals surface area (Å²) >= 11 is 0. The molecule has 0 aliphatic carbocycles. The van der Waals surface area contributed by atoms with Crippen LogP contribution in [0.15, 0.2) is 0 Å². The van der Waals surface area contributed by atoms with Crippen molar-refractivity contribution in [2.45, 2.75) is 39.2 Å². The molecular formula is C13H26N2O4. The Morgan fingerprint density at radius 1 is 1.42 bits per heavy atom. The summed E-state index contributed by atoms with van der Waals surface area (Å²) < 4.78 is 4.88. The highest BCUT2D eigenvalue weighted by Gasteiger charge is 2.21. The number of hydrogen-bond acceptors (Lipinski definition) is 3. The summed E-state index contributed by atoms with van der Waals surface area (Å²) in [6.07, 6.45) is 1.95. The zero-order chi connectivity index (χ0) is 14.8. The zero-order valence-electron chi connectivity index (χ0n) is 12.3. The third kappa shape index (κ3) is 7.66. The van der Waals surface area contributed by atoms with Gasteiger partial charge in [0, 0.05) is 27.3 Å². The van der Waals surface area contributed by atoms with E-state index in [2.05, 4.69) is 19.2 Å². The van der Waals surface area contributed by atoms with Crippen LogP contribution in [-0.2, 0) is 9.53 Å². The third-order valence-corrected chi connectivity index (χ3v) is 3.07. The summed E-state index contributed by atoms with van der Waals surface area (Å²) in [5.41, 5.74) is 0. The summed E-state index contributed by atoms with van der Waals surface area (Å²) in [6, 6.07) is -1.20. The second-order valence-corrected chi connectivity index (χ2v) is 4.87. The molecule has 0 aromatic rings. The molecule has 112 valence electrons. The van der Waals surface area contributed by atoms with E-state index in [9.17, 15) is 9.59 Å². The second-order valence-electron chi connectivity index (χ2n) is 4.87. The van der Waals surface area contributed by atoms with Gasteiger partial charge in [0.2, 0.25) is 0 Å². The quantitative estimate of drug-likeness (QED) is 0.625. The fraction of sp³-hybridized carbons (Fsp3) is 0.846. The molecule has 6 nitrogen and oxygen atoms in total. The molecule has 0 fully saturated rings. The number of aliphatic carboxylic acids is 1. The number of hydrogen-bond donors (Lipinski definition) is 2. The Morgan fingerprint density at radius 2 is 2.05 bits per heavy atom. The van der Waals surface area contributed by atoms with Crippen LogP contribution in [0.1, 0.15) is 33.1 Å². The van der Waals surface area contributed by atoms with Crippen molar-refractivity contribution in [2.75, 3.05) is 27.3 Å². The first-order chi connectivity index (χ1) is 8.92. The second kappa shape index (κ2) is 9.61. The minimum Gasteiger partial charge on any atom is -0.480 e. The topological polar surface area (TPSA) is 78.9 Å². The summed E-state index contributed by atoms with van der Waals surface area (Å²) in [6.45, 7) is 5.22. The average Bonchev–Trinajstić information content (AvgIpc) is 2.36. The number of nitrogens with one attached hydrogen (secondary N) is 1. The van der Waals surface area contributed by atoms with Gasteiger partial charge in [-0.05, 0) is 18.8 Å². The molecule has 0 saturated heterocycles. The first-order valence-electron chi connectivity index (χ1n) is 6.65. The maximum absolute atomic E-state index is 11.9. The highest BCUT2D eigenvalue weighted by atomic mass is 16.5. The van der Waals surface area contributed by atoms with Gasteiger partial charge in [0.1, 0.15) is 6.04 Å². The van der Waals surface area contributed by atoms with Crippen LogP contribution in [0.4, 0.5) is 4.79 Å². The van der Waals surface area contributed by atoms with Crippen LogP contribution in [0.2, 0.25) is 0 Å². The van der Waals surface area contributed by atoms with E-state index in [1.165, 1.54) is 4.90 Å². The van der Waals surface area contributed by atoms with E-state index < -0.39 is 12.0 Å². The Kier molecular flexibility index (Phi) is 8.95. The van der Waals surface area contributed by atoms with Crippen molar-refractivity contribution in [3.8, 4) is 0 Å². The first kappa shape index (κ1) is 17.7. The number of amides is 2. The summed E-state index contributed by atoms with van der Waals surface area (Å²) in [7, 11) is 3.24. The summed E-state index contributed by atoms with van der Waals surface area (Å²) in [4.78, 5) is 24.4. The number of carbonyl (C=O) groups excluding carboxylic acids is 1. The van der Waals surface area contributed by atoms with Gasteiger partial charge in [-0.15, -0.1) is 0 Å². The first-order valence-corrected chi connectivity index (χ1v) is 6.65. The number of ether oxygens (including phenoxy) is 1. The maximum atomic E-state index is 11.9. The van der Waals surface area contributed by atoms with Gasteiger partial charge in [-0.3, -0.25) is 0 Å². The standard InChI is InChI=1S/C13H26N2O4/c1-5-10(2)9-15(3)13(18)14-11(12(16)17)7-6-8-19-4/h10-11H,5-9H2,1-4H3,(H,14,18)(H,16,17). The predicted molar refractivity (Wildman–Crippen MR) is 73.2 cm³/mol. The van der Waals surface area contributed by atoms with Crippen molar-refractivity contribution >= 4 is 12.0 Å². The Morgan fingerprint density at radius 3 is 2.53 bits per heavy atom. The van der Waals surface area contributed by atoms with E-state index in [1.54, 1.807) is 14.2 Å². The molecule has 0 heterocycles. The van der Waals surface area contributed by atoms with Crippen molar-refractivity contribution in [1.82, 2.24) is 10.2 Å². The maximum Gasteiger partial charge on any atom is 0.326 e. The van der Waals surface area contributed by atoms with Crippen molar-refractivity contribution in [1.29, 1.82) is 0 Å². The molecule has 0 rings (SSSR count). The highest BCUT2D eigenvalue weighted by molar-refractivity contribution is 5.82. The lowest BCUT2D eigenvalue weighted by Gasteiger charge is -2.23. The molecule has 0 aromatic heterocycles. The number of carboxylic acids is 1. The smallest absolute Gasteiger partial charge is 0.326 e. The van der Waals surface area contributed by atoms with E-state index in [-0.39, 0.29) is 6.03 Å². The van der Waals surface area contributed by atoms with E-state index in [0.29, 0.717) is 31.9 Å². The number of rotatable bonds is 9. The Bertz CT molecular complexity index is 284. The molecule has 0 radical (unpaired) electrons. The normalized spacial score (nSPS) is 13.7. The van der Waals surface area contributed by atoms with Gasteiger partial charge in [-0.1, -0.05) is 20.3 Å². The van der Waals surface area contributed by atoms with E-state index in [0.717, 1.165) is 6.42 Å². The molecule has 0 aliphatic heterocycles. The van der Waals surface area contributed by atoms with E-state index in [4.69, 9.17) is 9.84 Å². The van der Waals surface area contributed by atoms with Gasteiger partial charge >= 0.3 is 12.0 Å². The van der Waals surface area contributed by atoms with Crippen LogP contribution < -0.4 is 5.32 Å². The van der Waals surface area contributed by atoms with Crippen LogP contribution >= 0.6 is 0 Å². The van der Waals surface area contributed by atoms with Crippen molar-refractivity contribution in [2.24, 2.45) is 5.92 Å². The lowest BCUT2D eigenvalue weighted by Crippen LogP contribution is -2.47. The van der Waals surface area contributed by atoms with Gasteiger partial charge < -0.3 is 20.1 Å².